The molecule has 0 bridgehead atoms. The van der Waals surface area contributed by atoms with Gasteiger partial charge in [0.15, 0.2) is 5.78 Å². The summed E-state index contributed by atoms with van der Waals surface area (Å²) in [4.78, 5) is 24.7. The number of aliphatic hydroxyl groups excluding tert-OH is 2. The molecule has 0 aromatic heterocycles. The number of aromatic hydroxyl groups is 1. The highest BCUT2D eigenvalue weighted by Gasteiger charge is 2.25. The van der Waals surface area contributed by atoms with E-state index in [1.165, 1.54) is 24.3 Å². The van der Waals surface area contributed by atoms with Gasteiger partial charge in [0, 0.05) is 24.2 Å². The van der Waals surface area contributed by atoms with E-state index in [0.717, 1.165) is 0 Å². The first kappa shape index (κ1) is 21.7. The van der Waals surface area contributed by atoms with Crippen LogP contribution in [0.1, 0.15) is 43.1 Å². The fraction of sp³-hybridized carbons (Fsp3) is 0.429. The molecule has 1 heterocycles. The van der Waals surface area contributed by atoms with E-state index in [9.17, 15) is 24.9 Å². The number of carbonyl (C=O) groups is 2. The molecule has 1 aromatic carbocycles. The molecule has 1 aliphatic rings. The third-order valence-corrected chi connectivity index (χ3v) is 4.66. The smallest absolute Gasteiger partial charge is 0.342 e. The van der Waals surface area contributed by atoms with Crippen molar-refractivity contribution in [3.8, 4) is 5.75 Å². The average Bonchev–Trinajstić information content (AvgIpc) is 2.64. The zero-order chi connectivity index (χ0) is 20.8. The number of ether oxygens (including phenoxy) is 1. The molecule has 0 saturated heterocycles. The summed E-state index contributed by atoms with van der Waals surface area (Å²) in [6.07, 6.45) is 2.37. The van der Waals surface area contributed by atoms with Gasteiger partial charge in [0.05, 0.1) is 6.10 Å². The lowest BCUT2D eigenvalue weighted by atomic mass is 9.99. The lowest BCUT2D eigenvalue weighted by Crippen LogP contribution is -2.32. The maximum absolute atomic E-state index is 12.7. The molecule has 1 aromatic rings. The molecule has 0 fully saturated rings. The second-order valence-corrected chi connectivity index (χ2v) is 6.87. The largest absolute Gasteiger partial charge is 0.507 e. The molecule has 0 aliphatic carbocycles. The summed E-state index contributed by atoms with van der Waals surface area (Å²) in [6, 6.07) is 3.13. The molecule has 0 amide bonds. The number of hydrogen-bond acceptors (Lipinski definition) is 7. The van der Waals surface area contributed by atoms with Gasteiger partial charge in [0.2, 0.25) is 0 Å². The van der Waals surface area contributed by atoms with E-state index in [1.807, 2.05) is 6.92 Å². The van der Waals surface area contributed by atoms with E-state index in [4.69, 9.17) is 4.74 Å². The maximum Gasteiger partial charge on any atom is 0.342 e. The van der Waals surface area contributed by atoms with Gasteiger partial charge in [0.1, 0.15) is 23.5 Å². The van der Waals surface area contributed by atoms with Gasteiger partial charge in [-0.2, -0.15) is 0 Å². The second kappa shape index (κ2) is 9.52. The van der Waals surface area contributed by atoms with Crippen molar-refractivity contribution in [1.29, 1.82) is 0 Å². The van der Waals surface area contributed by atoms with Crippen molar-refractivity contribution in [1.82, 2.24) is 0 Å². The summed E-state index contributed by atoms with van der Waals surface area (Å²) < 4.78 is 5.47. The van der Waals surface area contributed by atoms with Crippen molar-refractivity contribution in [3.05, 3.63) is 41.5 Å². The fourth-order valence-corrected chi connectivity index (χ4v) is 2.80. The highest BCUT2D eigenvalue weighted by molar-refractivity contribution is 5.97. The van der Waals surface area contributed by atoms with Crippen molar-refractivity contribution in [2.75, 3.05) is 11.9 Å². The van der Waals surface area contributed by atoms with Crippen molar-refractivity contribution >= 4 is 23.5 Å². The number of esters is 1. The molecule has 152 valence electrons. The highest BCUT2D eigenvalue weighted by atomic mass is 16.5. The minimum Gasteiger partial charge on any atom is -0.507 e. The van der Waals surface area contributed by atoms with E-state index in [1.54, 1.807) is 26.0 Å². The molecule has 0 saturated carbocycles. The predicted molar refractivity (Wildman–Crippen MR) is 106 cm³/mol. The van der Waals surface area contributed by atoms with Gasteiger partial charge in [-0.15, -0.1) is 0 Å². The zero-order valence-corrected chi connectivity index (χ0v) is 16.3. The minimum absolute atomic E-state index is 0.00656. The molecule has 4 N–H and O–H groups in total. The third-order valence-electron chi connectivity index (χ3n) is 4.66. The predicted octanol–water partition coefficient (Wildman–Crippen LogP) is 2.27. The van der Waals surface area contributed by atoms with Crippen LogP contribution in [0.5, 0.6) is 5.75 Å². The van der Waals surface area contributed by atoms with Crippen LogP contribution in [-0.2, 0) is 9.53 Å². The summed E-state index contributed by atoms with van der Waals surface area (Å²) in [5, 5.41) is 33.5. The molecule has 0 radical (unpaired) electrons. The number of ketones is 1. The van der Waals surface area contributed by atoms with E-state index in [2.05, 4.69) is 5.32 Å². The van der Waals surface area contributed by atoms with E-state index < -0.39 is 30.1 Å². The Labute approximate surface area is 164 Å². The molecule has 28 heavy (non-hydrogen) atoms. The molecule has 0 spiro atoms. The van der Waals surface area contributed by atoms with Crippen LogP contribution in [0.4, 0.5) is 5.69 Å². The van der Waals surface area contributed by atoms with Crippen LogP contribution >= 0.6 is 0 Å². The molecule has 2 rings (SSSR count). The summed E-state index contributed by atoms with van der Waals surface area (Å²) in [5.74, 6) is -1.84. The Hall–Kier alpha value is -2.64. The van der Waals surface area contributed by atoms with Crippen LogP contribution in [-0.4, -0.2) is 51.9 Å². The summed E-state index contributed by atoms with van der Waals surface area (Å²) in [7, 11) is 0. The third kappa shape index (κ3) is 5.21. The Balaban J connectivity index is 2.50. The SMILES string of the molecule is CCNc1cc(O)c2c(c1)C=CCC(O)C(O)C(=O)C=CC(C)C(C)OC2=O. The number of hydrogen-bond donors (Lipinski definition) is 4. The molecule has 7 heteroatoms. The molecule has 7 nitrogen and oxygen atoms in total. The molecular formula is C21H27NO6. The second-order valence-electron chi connectivity index (χ2n) is 6.87. The average molecular weight is 389 g/mol. The van der Waals surface area contributed by atoms with Gasteiger partial charge >= 0.3 is 5.97 Å². The maximum atomic E-state index is 12.7. The van der Waals surface area contributed by atoms with Crippen LogP contribution < -0.4 is 5.32 Å². The Kier molecular flexibility index (Phi) is 7.37. The van der Waals surface area contributed by atoms with E-state index in [-0.39, 0.29) is 23.7 Å². The zero-order valence-electron chi connectivity index (χ0n) is 16.3. The minimum atomic E-state index is -1.55. The number of benzene rings is 1. The van der Waals surface area contributed by atoms with Gasteiger partial charge < -0.3 is 25.4 Å². The number of phenolic OH excluding ortho intramolecular Hbond substituents is 1. The van der Waals surface area contributed by atoms with Gasteiger partial charge in [-0.1, -0.05) is 25.2 Å². The Morgan fingerprint density at radius 2 is 1.89 bits per heavy atom. The first-order valence-electron chi connectivity index (χ1n) is 9.31. The normalized spacial score (nSPS) is 26.3. The number of rotatable bonds is 2. The van der Waals surface area contributed by atoms with Crippen molar-refractivity contribution in [2.24, 2.45) is 5.92 Å². The lowest BCUT2D eigenvalue weighted by Gasteiger charge is -2.20. The van der Waals surface area contributed by atoms with Crippen molar-refractivity contribution in [3.63, 3.8) is 0 Å². The van der Waals surface area contributed by atoms with E-state index >= 15 is 0 Å². The number of aliphatic hydroxyl groups is 2. The van der Waals surface area contributed by atoms with Crippen LogP contribution in [0, 0.1) is 5.92 Å². The summed E-state index contributed by atoms with van der Waals surface area (Å²) >= 11 is 0. The number of carbonyl (C=O) groups excluding carboxylic acids is 2. The van der Waals surface area contributed by atoms with Gasteiger partial charge in [-0.3, -0.25) is 4.79 Å². The highest BCUT2D eigenvalue weighted by Crippen LogP contribution is 2.29. The van der Waals surface area contributed by atoms with Gasteiger partial charge in [0.25, 0.3) is 0 Å². The first-order chi connectivity index (χ1) is 13.2. The number of phenols is 1. The topological polar surface area (TPSA) is 116 Å². The number of nitrogens with one attached hydrogen (secondary N) is 1. The quantitative estimate of drug-likeness (QED) is 0.573. The fourth-order valence-electron chi connectivity index (χ4n) is 2.80. The standard InChI is InChI=1S/C21H27NO6/c1-4-22-15-10-14-6-5-7-16(23)20(26)17(24)9-8-12(2)13(3)28-21(27)19(14)18(25)11-15/h5-6,8-13,16,20,22-23,25-26H,4,7H2,1-3H3. The monoisotopic (exact) mass is 389 g/mol. The molecule has 4 atom stereocenters. The Morgan fingerprint density at radius 1 is 1.18 bits per heavy atom. The number of fused-ring (bicyclic) bond motifs is 1. The van der Waals surface area contributed by atoms with Crippen LogP contribution in [0.2, 0.25) is 0 Å². The summed E-state index contributed by atoms with van der Waals surface area (Å²) in [5.41, 5.74) is 1.04. The molecular weight excluding hydrogens is 362 g/mol. The Bertz CT molecular complexity index is 785. The number of anilines is 1. The lowest BCUT2D eigenvalue weighted by molar-refractivity contribution is -0.127. The molecule has 1 aliphatic heterocycles. The van der Waals surface area contributed by atoms with E-state index in [0.29, 0.717) is 17.8 Å². The van der Waals surface area contributed by atoms with Gasteiger partial charge in [-0.25, -0.2) is 4.79 Å². The van der Waals surface area contributed by atoms with Crippen LogP contribution in [0.25, 0.3) is 6.08 Å². The Morgan fingerprint density at radius 3 is 2.57 bits per heavy atom. The van der Waals surface area contributed by atoms with Crippen LogP contribution in [0.15, 0.2) is 30.4 Å². The van der Waals surface area contributed by atoms with Crippen molar-refractivity contribution in [2.45, 2.75) is 45.5 Å². The van der Waals surface area contributed by atoms with Crippen molar-refractivity contribution < 1.29 is 29.6 Å². The molecule has 4 unspecified atom stereocenters. The number of cyclic esters (lactones) is 1. The first-order valence-corrected chi connectivity index (χ1v) is 9.31. The van der Waals surface area contributed by atoms with Gasteiger partial charge in [-0.05, 0) is 38.0 Å². The van der Waals surface area contributed by atoms with Crippen LogP contribution in [0.3, 0.4) is 0 Å². The summed E-state index contributed by atoms with van der Waals surface area (Å²) in [6.45, 7) is 5.96.